The summed E-state index contributed by atoms with van der Waals surface area (Å²) in [5.41, 5.74) is 2.92. The number of hydrogen-bond acceptors (Lipinski definition) is 5. The molecule has 7 nitrogen and oxygen atoms in total. The Hall–Kier alpha value is -3.61. The van der Waals surface area contributed by atoms with Crippen LogP contribution < -0.4 is 20.3 Å². The van der Waals surface area contributed by atoms with Gasteiger partial charge in [-0.25, -0.2) is 4.98 Å². The molecular weight excluding hydrogens is 418 g/mol. The molecule has 0 bridgehead atoms. The fourth-order valence-corrected chi connectivity index (χ4v) is 3.59. The lowest BCUT2D eigenvalue weighted by Gasteiger charge is -2.15. The van der Waals surface area contributed by atoms with E-state index in [0.717, 1.165) is 12.1 Å². The van der Waals surface area contributed by atoms with Crippen LogP contribution in [-0.2, 0) is 12.8 Å². The number of carbonyl (C=O) groups excluding carboxylic acids is 1. The summed E-state index contributed by atoms with van der Waals surface area (Å²) in [4.78, 5) is 33.2. The van der Waals surface area contributed by atoms with Gasteiger partial charge in [0.2, 0.25) is 0 Å². The molecule has 2 N–H and O–H groups in total. The number of hydrogen-bond donors (Lipinski definition) is 2. The van der Waals surface area contributed by atoms with Crippen LogP contribution in [0.4, 0.5) is 5.69 Å². The van der Waals surface area contributed by atoms with Crippen LogP contribution in [0.25, 0.3) is 11.4 Å². The summed E-state index contributed by atoms with van der Waals surface area (Å²) in [5, 5.41) is 2.92. The number of aromatic amines is 1. The van der Waals surface area contributed by atoms with Crippen molar-refractivity contribution in [1.29, 1.82) is 0 Å². The summed E-state index contributed by atoms with van der Waals surface area (Å²) < 4.78 is 11.5. The maximum absolute atomic E-state index is 13.0. The van der Waals surface area contributed by atoms with E-state index in [1.807, 2.05) is 33.8 Å². The highest BCUT2D eigenvalue weighted by atomic mass is 16.5. The van der Waals surface area contributed by atoms with E-state index >= 15 is 0 Å². The second-order valence-electron chi connectivity index (χ2n) is 7.49. The van der Waals surface area contributed by atoms with Gasteiger partial charge < -0.3 is 19.8 Å². The largest absolute Gasteiger partial charge is 0.493 e. The van der Waals surface area contributed by atoms with E-state index in [1.54, 1.807) is 36.4 Å². The molecule has 174 valence electrons. The molecule has 0 aliphatic heterocycles. The molecule has 1 amide bonds. The molecule has 0 aliphatic carbocycles. The van der Waals surface area contributed by atoms with E-state index in [9.17, 15) is 9.59 Å². The fraction of sp³-hybridized carbons (Fsp3) is 0.346. The van der Waals surface area contributed by atoms with E-state index in [2.05, 4.69) is 10.3 Å². The van der Waals surface area contributed by atoms with Gasteiger partial charge in [0.1, 0.15) is 17.3 Å². The van der Waals surface area contributed by atoms with E-state index in [4.69, 9.17) is 14.5 Å². The molecule has 7 heteroatoms. The molecule has 0 fully saturated rings. The molecule has 0 aliphatic rings. The van der Waals surface area contributed by atoms with E-state index in [0.29, 0.717) is 65.8 Å². The molecule has 33 heavy (non-hydrogen) atoms. The van der Waals surface area contributed by atoms with Crippen molar-refractivity contribution in [1.82, 2.24) is 9.97 Å². The molecule has 0 radical (unpaired) electrons. The number of benzene rings is 2. The minimum Gasteiger partial charge on any atom is -0.493 e. The predicted molar refractivity (Wildman–Crippen MR) is 130 cm³/mol. The van der Waals surface area contributed by atoms with Gasteiger partial charge in [0.05, 0.1) is 30.0 Å². The Labute approximate surface area is 194 Å². The first-order chi connectivity index (χ1) is 16.0. The standard InChI is InChI=1S/C26H31N3O4/c1-5-15-33-23-14-13-17(27-26(31)19-11-9-10-12-22(19)32-8-4)16-20(23)24-28-21(7-3)18(6-2)25(30)29-24/h9-14,16H,5-8,15H2,1-4H3,(H,27,31)(H,28,29,30). The third kappa shape index (κ3) is 5.61. The van der Waals surface area contributed by atoms with Gasteiger partial charge in [-0.2, -0.15) is 0 Å². The average molecular weight is 450 g/mol. The molecule has 0 saturated heterocycles. The van der Waals surface area contributed by atoms with E-state index in [1.165, 1.54) is 0 Å². The van der Waals surface area contributed by atoms with E-state index < -0.39 is 0 Å². The summed E-state index contributed by atoms with van der Waals surface area (Å²) in [6.07, 6.45) is 2.10. The predicted octanol–water partition coefficient (Wildman–Crippen LogP) is 5.00. The number of anilines is 1. The highest BCUT2D eigenvalue weighted by Crippen LogP contribution is 2.31. The number of rotatable bonds is 10. The summed E-state index contributed by atoms with van der Waals surface area (Å²) >= 11 is 0. The van der Waals surface area contributed by atoms with Gasteiger partial charge in [-0.1, -0.05) is 32.9 Å². The maximum Gasteiger partial charge on any atom is 0.259 e. The molecule has 0 unspecified atom stereocenters. The van der Waals surface area contributed by atoms with Crippen LogP contribution in [0.3, 0.4) is 0 Å². The van der Waals surface area contributed by atoms with Crippen molar-refractivity contribution in [3.8, 4) is 22.9 Å². The van der Waals surface area contributed by atoms with Crippen molar-refractivity contribution in [2.45, 2.75) is 47.0 Å². The normalized spacial score (nSPS) is 10.7. The SMILES string of the molecule is CCCOc1ccc(NC(=O)c2ccccc2OCC)cc1-c1nc(CC)c(CC)c(=O)[nH]1. The van der Waals surface area contributed by atoms with Crippen LogP contribution >= 0.6 is 0 Å². The van der Waals surface area contributed by atoms with Gasteiger partial charge in [0.25, 0.3) is 11.5 Å². The molecule has 3 rings (SSSR count). The number of ether oxygens (including phenoxy) is 2. The van der Waals surface area contributed by atoms with Crippen LogP contribution in [0.5, 0.6) is 11.5 Å². The molecule has 1 aromatic heterocycles. The molecule has 0 saturated carbocycles. The van der Waals surface area contributed by atoms with Gasteiger partial charge in [0.15, 0.2) is 0 Å². The number of aryl methyl sites for hydroxylation is 1. The maximum atomic E-state index is 13.0. The van der Waals surface area contributed by atoms with Crippen molar-refractivity contribution < 1.29 is 14.3 Å². The van der Waals surface area contributed by atoms with Crippen LogP contribution in [-0.4, -0.2) is 29.1 Å². The first-order valence-corrected chi connectivity index (χ1v) is 11.4. The zero-order valence-corrected chi connectivity index (χ0v) is 19.7. The smallest absolute Gasteiger partial charge is 0.259 e. The van der Waals surface area contributed by atoms with Gasteiger partial charge in [-0.05, 0) is 56.5 Å². The molecule has 3 aromatic rings. The highest BCUT2D eigenvalue weighted by Gasteiger charge is 2.17. The molecule has 0 spiro atoms. The van der Waals surface area contributed by atoms with Crippen molar-refractivity contribution in [2.75, 3.05) is 18.5 Å². The summed E-state index contributed by atoms with van der Waals surface area (Å²) in [7, 11) is 0. The Bertz CT molecular complexity index is 1170. The zero-order chi connectivity index (χ0) is 23.8. The van der Waals surface area contributed by atoms with Gasteiger partial charge in [0, 0.05) is 11.3 Å². The topological polar surface area (TPSA) is 93.3 Å². The summed E-state index contributed by atoms with van der Waals surface area (Å²) in [5.74, 6) is 1.25. The van der Waals surface area contributed by atoms with Crippen molar-refractivity contribution in [2.24, 2.45) is 0 Å². The monoisotopic (exact) mass is 449 g/mol. The van der Waals surface area contributed by atoms with Crippen LogP contribution in [0.15, 0.2) is 47.3 Å². The Kier molecular flexibility index (Phi) is 8.24. The number of nitrogens with zero attached hydrogens (tertiary/aromatic N) is 1. The Morgan fingerprint density at radius 1 is 1.00 bits per heavy atom. The van der Waals surface area contributed by atoms with Gasteiger partial charge >= 0.3 is 0 Å². The average Bonchev–Trinajstić information content (AvgIpc) is 2.83. The lowest BCUT2D eigenvalue weighted by atomic mass is 10.1. The van der Waals surface area contributed by atoms with Crippen molar-refractivity contribution in [3.63, 3.8) is 0 Å². The fourth-order valence-electron chi connectivity index (χ4n) is 3.59. The quantitative estimate of drug-likeness (QED) is 0.454. The minimum absolute atomic E-state index is 0.152. The van der Waals surface area contributed by atoms with E-state index in [-0.39, 0.29) is 11.5 Å². The lowest BCUT2D eigenvalue weighted by Crippen LogP contribution is -2.18. The summed E-state index contributed by atoms with van der Waals surface area (Å²) in [6, 6.07) is 12.4. The Balaban J connectivity index is 2.02. The highest BCUT2D eigenvalue weighted by molar-refractivity contribution is 6.06. The Morgan fingerprint density at radius 2 is 1.79 bits per heavy atom. The van der Waals surface area contributed by atoms with Crippen LogP contribution in [0.2, 0.25) is 0 Å². The summed E-state index contributed by atoms with van der Waals surface area (Å²) in [6.45, 7) is 8.80. The second-order valence-corrected chi connectivity index (χ2v) is 7.49. The number of carbonyl (C=O) groups is 1. The Morgan fingerprint density at radius 3 is 2.48 bits per heavy atom. The number of amides is 1. The third-order valence-electron chi connectivity index (χ3n) is 5.18. The number of aromatic nitrogens is 2. The number of nitrogens with one attached hydrogen (secondary N) is 2. The first-order valence-electron chi connectivity index (χ1n) is 11.4. The van der Waals surface area contributed by atoms with Crippen LogP contribution in [0, 0.1) is 0 Å². The number of para-hydroxylation sites is 1. The molecule has 1 heterocycles. The first kappa shape index (κ1) is 24.0. The second kappa shape index (κ2) is 11.3. The zero-order valence-electron chi connectivity index (χ0n) is 19.7. The van der Waals surface area contributed by atoms with Crippen LogP contribution in [0.1, 0.15) is 55.7 Å². The molecular formula is C26H31N3O4. The van der Waals surface area contributed by atoms with Gasteiger partial charge in [-0.15, -0.1) is 0 Å². The minimum atomic E-state index is -0.288. The molecule has 0 atom stereocenters. The lowest BCUT2D eigenvalue weighted by molar-refractivity contribution is 0.102. The molecule has 2 aromatic carbocycles. The number of H-pyrrole nitrogens is 1. The van der Waals surface area contributed by atoms with Gasteiger partial charge in [-0.3, -0.25) is 9.59 Å². The van der Waals surface area contributed by atoms with Crippen molar-refractivity contribution in [3.05, 3.63) is 69.6 Å². The van der Waals surface area contributed by atoms with Crippen molar-refractivity contribution >= 4 is 11.6 Å². The third-order valence-corrected chi connectivity index (χ3v) is 5.18.